The van der Waals surface area contributed by atoms with Crippen LogP contribution in [-0.4, -0.2) is 16.6 Å². The molecule has 0 fully saturated rings. The van der Waals surface area contributed by atoms with Gasteiger partial charge in [-0.3, -0.25) is 14.3 Å². The van der Waals surface area contributed by atoms with E-state index in [9.17, 15) is 4.79 Å². The normalized spacial score (nSPS) is 16.4. The van der Waals surface area contributed by atoms with Gasteiger partial charge in [0.2, 0.25) is 0 Å². The molecule has 2 aromatic heterocycles. The van der Waals surface area contributed by atoms with Gasteiger partial charge in [-0.25, -0.2) is 0 Å². The molecule has 0 aliphatic carbocycles. The van der Waals surface area contributed by atoms with E-state index >= 15 is 0 Å². The summed E-state index contributed by atoms with van der Waals surface area (Å²) in [6.07, 6.45) is 3.74. The molecule has 0 saturated heterocycles. The van der Waals surface area contributed by atoms with Crippen molar-refractivity contribution in [3.63, 3.8) is 0 Å². The number of aromatic nitrogens is 2. The minimum atomic E-state index is 0.0665. The van der Waals surface area contributed by atoms with Gasteiger partial charge in [-0.1, -0.05) is 30.0 Å². The minimum Gasteiger partial charge on any atom is -0.337 e. The van der Waals surface area contributed by atoms with Gasteiger partial charge >= 0.3 is 0 Å². The first-order chi connectivity index (χ1) is 12.2. The molecule has 0 atom stereocenters. The average molecular weight is 367 g/mol. The number of rotatable bonds is 2. The van der Waals surface area contributed by atoms with Crippen LogP contribution in [0.5, 0.6) is 0 Å². The monoisotopic (exact) mass is 367 g/mol. The first kappa shape index (κ1) is 16.2. The standard InChI is InChI=1S/C19H17N3OS2/c1-3-22-16(12-13-8-6-7-11-20-13)25-17(18(22)23)19-21(2)14-9-4-5-10-15(14)24-19/h4-12H,3H2,1-2H3/b16-12+,19-17-. The Balaban J connectivity index is 1.94. The van der Waals surface area contributed by atoms with Gasteiger partial charge < -0.3 is 4.90 Å². The summed E-state index contributed by atoms with van der Waals surface area (Å²) in [5.41, 5.74) is 2.07. The summed E-state index contributed by atoms with van der Waals surface area (Å²) >= 11 is 3.19. The highest BCUT2D eigenvalue weighted by molar-refractivity contribution is 8.08. The summed E-state index contributed by atoms with van der Waals surface area (Å²) in [7, 11) is 2.02. The maximum Gasteiger partial charge on any atom is 0.271 e. The molecule has 0 spiro atoms. The minimum absolute atomic E-state index is 0.0665. The van der Waals surface area contributed by atoms with E-state index in [0.717, 1.165) is 25.6 Å². The summed E-state index contributed by atoms with van der Waals surface area (Å²) < 4.78 is 3.53. The third-order valence-corrected chi connectivity index (χ3v) is 6.60. The first-order valence-electron chi connectivity index (χ1n) is 8.06. The smallest absolute Gasteiger partial charge is 0.271 e. The Bertz CT molecular complexity index is 1100. The maximum atomic E-state index is 13.0. The lowest BCUT2D eigenvalue weighted by molar-refractivity contribution is 0.722. The summed E-state index contributed by atoms with van der Waals surface area (Å²) in [4.78, 5) is 20.6. The lowest BCUT2D eigenvalue weighted by atomic mass is 10.3. The van der Waals surface area contributed by atoms with Gasteiger partial charge in [0.25, 0.3) is 5.56 Å². The van der Waals surface area contributed by atoms with Crippen molar-refractivity contribution in [2.45, 2.75) is 18.4 Å². The van der Waals surface area contributed by atoms with Crippen LogP contribution in [0.25, 0.3) is 11.1 Å². The number of hydrogen-bond acceptors (Lipinski definition) is 5. The van der Waals surface area contributed by atoms with E-state index in [0.29, 0.717) is 6.54 Å². The molecule has 126 valence electrons. The molecule has 1 aliphatic heterocycles. The fourth-order valence-electron chi connectivity index (χ4n) is 2.86. The molecular weight excluding hydrogens is 350 g/mol. The molecule has 0 N–H and O–H groups in total. The molecule has 0 saturated carbocycles. The molecule has 0 unspecified atom stereocenters. The number of hydrogen-bond donors (Lipinski definition) is 0. The van der Waals surface area contributed by atoms with Crippen LogP contribution in [-0.2, 0) is 6.54 Å². The molecular formula is C19H17N3OS2. The van der Waals surface area contributed by atoms with Gasteiger partial charge in [0.05, 0.1) is 11.4 Å². The molecule has 3 heterocycles. The van der Waals surface area contributed by atoms with E-state index in [4.69, 9.17) is 0 Å². The van der Waals surface area contributed by atoms with Gasteiger partial charge in [0.15, 0.2) is 0 Å². The fourth-order valence-corrected chi connectivity index (χ4v) is 5.32. The molecule has 0 amide bonds. The molecule has 1 aromatic carbocycles. The first-order valence-corrected chi connectivity index (χ1v) is 9.69. The van der Waals surface area contributed by atoms with Crippen LogP contribution < -0.4 is 19.7 Å². The van der Waals surface area contributed by atoms with Gasteiger partial charge in [0.1, 0.15) is 14.2 Å². The van der Waals surface area contributed by atoms with Crippen molar-refractivity contribution in [3.8, 4) is 0 Å². The second-order valence-corrected chi connectivity index (χ2v) is 7.71. The van der Waals surface area contributed by atoms with Crippen molar-refractivity contribution < 1.29 is 0 Å². The van der Waals surface area contributed by atoms with E-state index in [1.54, 1.807) is 18.0 Å². The summed E-state index contributed by atoms with van der Waals surface area (Å²) in [6, 6.07) is 14.0. The molecule has 3 aromatic rings. The number of nitrogens with zero attached hydrogens (tertiary/aromatic N) is 3. The number of fused-ring (bicyclic) bond motifs is 1. The maximum absolute atomic E-state index is 13.0. The van der Waals surface area contributed by atoms with E-state index in [1.165, 1.54) is 16.2 Å². The Morgan fingerprint density at radius 1 is 1.16 bits per heavy atom. The van der Waals surface area contributed by atoms with Crippen molar-refractivity contribution in [1.29, 1.82) is 0 Å². The van der Waals surface area contributed by atoms with E-state index in [1.807, 2.05) is 54.9 Å². The van der Waals surface area contributed by atoms with Crippen LogP contribution >= 0.6 is 23.1 Å². The SMILES string of the molecule is CCn1c(=O)/c(=C2/Sc3ccccc3N2C)s/c1=C/c1ccccn1. The molecule has 1 aliphatic rings. The molecule has 25 heavy (non-hydrogen) atoms. The highest BCUT2D eigenvalue weighted by Crippen LogP contribution is 2.44. The summed E-state index contributed by atoms with van der Waals surface area (Å²) in [6.45, 7) is 2.64. The van der Waals surface area contributed by atoms with Crippen LogP contribution in [0.3, 0.4) is 0 Å². The van der Waals surface area contributed by atoms with Crippen molar-refractivity contribution >= 4 is 39.9 Å². The van der Waals surface area contributed by atoms with Crippen LogP contribution in [0, 0.1) is 0 Å². The van der Waals surface area contributed by atoms with E-state index in [-0.39, 0.29) is 5.56 Å². The third kappa shape index (κ3) is 2.81. The predicted molar refractivity (Wildman–Crippen MR) is 105 cm³/mol. The number of thiazole rings is 1. The predicted octanol–water partition coefficient (Wildman–Crippen LogP) is 2.46. The molecule has 0 radical (unpaired) electrons. The Hall–Kier alpha value is -2.31. The van der Waals surface area contributed by atoms with E-state index in [2.05, 4.69) is 22.0 Å². The van der Waals surface area contributed by atoms with Crippen LogP contribution in [0.15, 0.2) is 58.4 Å². The number of para-hydroxylation sites is 1. The van der Waals surface area contributed by atoms with Crippen LogP contribution in [0.4, 0.5) is 5.69 Å². The molecule has 6 heteroatoms. The largest absolute Gasteiger partial charge is 0.337 e. The highest BCUT2D eigenvalue weighted by atomic mass is 32.2. The van der Waals surface area contributed by atoms with Gasteiger partial charge in [-0.15, -0.1) is 11.3 Å². The lowest BCUT2D eigenvalue weighted by Crippen LogP contribution is -2.33. The number of anilines is 1. The number of benzene rings is 1. The summed E-state index contributed by atoms with van der Waals surface area (Å²) in [5.74, 6) is 0. The van der Waals surface area contributed by atoms with Gasteiger partial charge in [-0.2, -0.15) is 0 Å². The van der Waals surface area contributed by atoms with Gasteiger partial charge in [-0.05, 0) is 37.3 Å². The Kier molecular flexibility index (Phi) is 4.23. The zero-order valence-corrected chi connectivity index (χ0v) is 15.6. The number of thioether (sulfide) groups is 1. The number of pyridine rings is 1. The average Bonchev–Trinajstić information content (AvgIpc) is 3.13. The van der Waals surface area contributed by atoms with Crippen molar-refractivity contribution in [2.75, 3.05) is 11.9 Å². The second kappa shape index (κ2) is 6.54. The Labute approximate surface area is 153 Å². The quantitative estimate of drug-likeness (QED) is 0.697. The van der Waals surface area contributed by atoms with Crippen LogP contribution in [0.1, 0.15) is 12.6 Å². The van der Waals surface area contributed by atoms with Gasteiger partial charge in [0, 0.05) is 24.7 Å². The second-order valence-electron chi connectivity index (χ2n) is 5.65. The Morgan fingerprint density at radius 2 is 1.96 bits per heavy atom. The lowest BCUT2D eigenvalue weighted by Gasteiger charge is -2.11. The van der Waals surface area contributed by atoms with E-state index < -0.39 is 0 Å². The van der Waals surface area contributed by atoms with Crippen molar-refractivity contribution in [1.82, 2.24) is 9.55 Å². The molecule has 0 bridgehead atoms. The van der Waals surface area contributed by atoms with Crippen molar-refractivity contribution in [3.05, 3.63) is 73.9 Å². The van der Waals surface area contributed by atoms with Crippen LogP contribution in [0.2, 0.25) is 0 Å². The highest BCUT2D eigenvalue weighted by Gasteiger charge is 2.24. The zero-order chi connectivity index (χ0) is 17.4. The zero-order valence-electron chi connectivity index (χ0n) is 14.0. The Morgan fingerprint density at radius 3 is 2.68 bits per heavy atom. The third-order valence-electron chi connectivity index (χ3n) is 4.12. The fraction of sp³-hybridized carbons (Fsp3) is 0.158. The molecule has 4 nitrogen and oxygen atoms in total. The topological polar surface area (TPSA) is 38.1 Å². The van der Waals surface area contributed by atoms with Crippen molar-refractivity contribution in [2.24, 2.45) is 0 Å². The molecule has 4 rings (SSSR count). The summed E-state index contributed by atoms with van der Waals surface area (Å²) in [5, 5.41) is 0.999.